The fourth-order valence-electron chi connectivity index (χ4n) is 2.96. The average molecular weight is 412 g/mol. The predicted molar refractivity (Wildman–Crippen MR) is 112 cm³/mol. The van der Waals surface area contributed by atoms with Gasteiger partial charge in [0.25, 0.3) is 0 Å². The molecule has 29 heavy (non-hydrogen) atoms. The summed E-state index contributed by atoms with van der Waals surface area (Å²) < 4.78 is 1.52. The molecule has 0 saturated heterocycles. The molecule has 0 aliphatic heterocycles. The van der Waals surface area contributed by atoms with Crippen LogP contribution in [0.3, 0.4) is 0 Å². The highest BCUT2D eigenvalue weighted by Gasteiger charge is 2.22. The molecule has 3 rings (SSSR count). The Bertz CT molecular complexity index is 971. The Balaban J connectivity index is 1.74. The van der Waals surface area contributed by atoms with Gasteiger partial charge in [0, 0.05) is 5.02 Å². The maximum absolute atomic E-state index is 12.6. The van der Waals surface area contributed by atoms with Crippen LogP contribution in [0.2, 0.25) is 5.02 Å². The van der Waals surface area contributed by atoms with E-state index < -0.39 is 11.8 Å². The van der Waals surface area contributed by atoms with Crippen molar-refractivity contribution in [3.05, 3.63) is 71.8 Å². The zero-order valence-electron chi connectivity index (χ0n) is 16.2. The molecule has 7 nitrogen and oxygen atoms in total. The monoisotopic (exact) mass is 411 g/mol. The average Bonchev–Trinajstić information content (AvgIpc) is 3.22. The largest absolute Gasteiger partial charge is 0.341 e. The molecule has 3 aromatic rings. The second-order valence-corrected chi connectivity index (χ2v) is 7.45. The van der Waals surface area contributed by atoms with Gasteiger partial charge in [-0.1, -0.05) is 49.7 Å². The lowest BCUT2D eigenvalue weighted by molar-refractivity contribution is -0.136. The Labute approximate surface area is 174 Å². The van der Waals surface area contributed by atoms with Crippen molar-refractivity contribution in [1.82, 2.24) is 20.1 Å². The molecule has 0 saturated carbocycles. The molecule has 2 aromatic carbocycles. The van der Waals surface area contributed by atoms with Crippen molar-refractivity contribution in [2.75, 3.05) is 5.32 Å². The van der Waals surface area contributed by atoms with E-state index >= 15 is 0 Å². The normalized spacial score (nSPS) is 11.9. The van der Waals surface area contributed by atoms with E-state index in [0.717, 1.165) is 5.56 Å². The summed E-state index contributed by atoms with van der Waals surface area (Å²) in [5.74, 6) is -1.13. The second-order valence-electron chi connectivity index (χ2n) is 7.02. The number of benzene rings is 2. The summed E-state index contributed by atoms with van der Waals surface area (Å²) in [6, 6.07) is 14.0. The second kappa shape index (κ2) is 9.34. The van der Waals surface area contributed by atoms with Gasteiger partial charge in [-0.15, -0.1) is 0 Å². The Hall–Kier alpha value is -3.19. The van der Waals surface area contributed by atoms with Gasteiger partial charge in [0.2, 0.25) is 0 Å². The van der Waals surface area contributed by atoms with Crippen molar-refractivity contribution in [3.63, 3.8) is 0 Å². The van der Waals surface area contributed by atoms with Crippen LogP contribution in [0, 0.1) is 5.92 Å². The molecule has 2 N–H and O–H groups in total. The highest BCUT2D eigenvalue weighted by Crippen LogP contribution is 2.23. The smallest absolute Gasteiger partial charge is 0.313 e. The number of para-hydroxylation sites is 2. The molecule has 0 fully saturated rings. The summed E-state index contributed by atoms with van der Waals surface area (Å²) in [6.45, 7) is 4.12. The minimum Gasteiger partial charge on any atom is -0.341 e. The zero-order chi connectivity index (χ0) is 20.8. The highest BCUT2D eigenvalue weighted by atomic mass is 35.5. The number of halogens is 1. The Kier molecular flexibility index (Phi) is 6.61. The van der Waals surface area contributed by atoms with Crippen molar-refractivity contribution in [2.24, 2.45) is 5.92 Å². The van der Waals surface area contributed by atoms with Gasteiger partial charge >= 0.3 is 11.8 Å². The first kappa shape index (κ1) is 20.5. The van der Waals surface area contributed by atoms with Crippen LogP contribution in [0.15, 0.2) is 61.2 Å². The summed E-state index contributed by atoms with van der Waals surface area (Å²) in [7, 11) is 0. The Morgan fingerprint density at radius 2 is 1.79 bits per heavy atom. The van der Waals surface area contributed by atoms with Crippen molar-refractivity contribution >= 4 is 29.1 Å². The van der Waals surface area contributed by atoms with E-state index in [0.29, 0.717) is 28.7 Å². The lowest BCUT2D eigenvalue weighted by Gasteiger charge is -2.21. The zero-order valence-corrected chi connectivity index (χ0v) is 16.9. The molecule has 1 heterocycles. The summed E-state index contributed by atoms with van der Waals surface area (Å²) >= 11 is 5.96. The number of carbonyl (C=O) groups is 2. The SMILES string of the molecule is CC(C)C[C@H](NC(=O)C(=O)Nc1ccccc1-n1cncn1)c1ccc(Cl)cc1. The van der Waals surface area contributed by atoms with Gasteiger partial charge in [-0.2, -0.15) is 5.10 Å². The van der Waals surface area contributed by atoms with Crippen molar-refractivity contribution in [1.29, 1.82) is 0 Å². The van der Waals surface area contributed by atoms with E-state index in [2.05, 4.69) is 34.6 Å². The molecule has 8 heteroatoms. The van der Waals surface area contributed by atoms with Crippen molar-refractivity contribution < 1.29 is 9.59 Å². The van der Waals surface area contributed by atoms with Gasteiger partial charge in [0.15, 0.2) is 0 Å². The third kappa shape index (κ3) is 5.42. The molecule has 1 aromatic heterocycles. The summed E-state index contributed by atoms with van der Waals surface area (Å²) in [5, 5.41) is 10.2. The lowest BCUT2D eigenvalue weighted by atomic mass is 9.97. The maximum Gasteiger partial charge on any atom is 0.313 e. The van der Waals surface area contributed by atoms with Gasteiger partial charge in [-0.25, -0.2) is 9.67 Å². The van der Waals surface area contributed by atoms with E-state index in [1.165, 1.54) is 17.3 Å². The van der Waals surface area contributed by atoms with Crippen LogP contribution in [-0.4, -0.2) is 26.6 Å². The predicted octanol–water partition coefficient (Wildman–Crippen LogP) is 3.76. The fraction of sp³-hybridized carbons (Fsp3) is 0.238. The van der Waals surface area contributed by atoms with Crippen LogP contribution in [-0.2, 0) is 9.59 Å². The van der Waals surface area contributed by atoms with Gasteiger partial charge in [0.05, 0.1) is 17.4 Å². The number of amides is 2. The quantitative estimate of drug-likeness (QED) is 0.604. The van der Waals surface area contributed by atoms with Crippen LogP contribution in [0.5, 0.6) is 0 Å². The summed E-state index contributed by atoms with van der Waals surface area (Å²) in [6.07, 6.45) is 3.61. The van der Waals surface area contributed by atoms with Crippen molar-refractivity contribution in [2.45, 2.75) is 26.3 Å². The number of anilines is 1. The molecule has 1 atom stereocenters. The standard InChI is InChI=1S/C21H22ClN5O2/c1-14(2)11-18(15-7-9-16(22)10-8-15)26-21(29)20(28)25-17-5-3-4-6-19(17)27-13-23-12-24-27/h3-10,12-14,18H,11H2,1-2H3,(H,25,28)(H,26,29)/t18-/m0/s1. The molecule has 0 aliphatic carbocycles. The number of hydrogen-bond acceptors (Lipinski definition) is 4. The molecular weight excluding hydrogens is 390 g/mol. The van der Waals surface area contributed by atoms with Crippen LogP contribution in [0.4, 0.5) is 5.69 Å². The van der Waals surface area contributed by atoms with Crippen LogP contribution in [0.25, 0.3) is 5.69 Å². The number of nitrogens with zero attached hydrogens (tertiary/aromatic N) is 3. The third-order valence-corrected chi connectivity index (χ3v) is 4.56. The van der Waals surface area contributed by atoms with Gasteiger partial charge in [-0.3, -0.25) is 9.59 Å². The molecule has 0 bridgehead atoms. The Morgan fingerprint density at radius 3 is 2.45 bits per heavy atom. The van der Waals surface area contributed by atoms with Gasteiger partial charge in [0.1, 0.15) is 12.7 Å². The van der Waals surface area contributed by atoms with E-state index in [9.17, 15) is 9.59 Å². The first-order valence-corrected chi connectivity index (χ1v) is 9.63. The van der Waals surface area contributed by atoms with E-state index in [4.69, 9.17) is 11.6 Å². The number of carbonyl (C=O) groups excluding carboxylic acids is 2. The lowest BCUT2D eigenvalue weighted by Crippen LogP contribution is -2.38. The van der Waals surface area contributed by atoms with Crippen molar-refractivity contribution in [3.8, 4) is 5.69 Å². The van der Waals surface area contributed by atoms with Crippen LogP contribution < -0.4 is 10.6 Å². The summed E-state index contributed by atoms with van der Waals surface area (Å²) in [5.41, 5.74) is 1.97. The van der Waals surface area contributed by atoms with E-state index in [-0.39, 0.29) is 6.04 Å². The van der Waals surface area contributed by atoms with Crippen LogP contribution >= 0.6 is 11.6 Å². The first-order valence-electron chi connectivity index (χ1n) is 9.25. The van der Waals surface area contributed by atoms with E-state index in [1.807, 2.05) is 18.2 Å². The van der Waals surface area contributed by atoms with Gasteiger partial charge < -0.3 is 10.6 Å². The fourth-order valence-corrected chi connectivity index (χ4v) is 3.09. The summed E-state index contributed by atoms with van der Waals surface area (Å²) in [4.78, 5) is 29.1. The molecule has 0 aliphatic rings. The Morgan fingerprint density at radius 1 is 1.07 bits per heavy atom. The third-order valence-electron chi connectivity index (χ3n) is 4.31. The first-order chi connectivity index (χ1) is 13.9. The number of rotatable bonds is 6. The minimum absolute atomic E-state index is 0.295. The number of aromatic nitrogens is 3. The number of nitrogens with one attached hydrogen (secondary N) is 2. The minimum atomic E-state index is -0.750. The molecular formula is C21H22ClN5O2. The molecule has 2 amide bonds. The topological polar surface area (TPSA) is 88.9 Å². The van der Waals surface area contributed by atoms with E-state index in [1.54, 1.807) is 30.3 Å². The number of hydrogen-bond donors (Lipinski definition) is 2. The molecule has 150 valence electrons. The molecule has 0 spiro atoms. The molecule has 0 unspecified atom stereocenters. The molecule has 0 radical (unpaired) electrons. The highest BCUT2D eigenvalue weighted by molar-refractivity contribution is 6.39. The van der Waals surface area contributed by atoms with Gasteiger partial charge in [-0.05, 0) is 42.2 Å². The maximum atomic E-state index is 12.6. The van der Waals surface area contributed by atoms with Crippen LogP contribution in [0.1, 0.15) is 31.9 Å².